The zero-order valence-electron chi connectivity index (χ0n) is 25.8. The van der Waals surface area contributed by atoms with E-state index in [1.54, 1.807) is 6.92 Å². The van der Waals surface area contributed by atoms with Crippen LogP contribution < -0.4 is 0 Å². The van der Waals surface area contributed by atoms with Crippen molar-refractivity contribution in [1.29, 1.82) is 0 Å². The first-order chi connectivity index (χ1) is 23.7. The quantitative estimate of drug-likeness (QED) is 0.0990. The molecule has 0 aliphatic rings. The molecule has 6 aromatic rings. The maximum absolute atomic E-state index is 15.5. The van der Waals surface area contributed by atoms with Crippen LogP contribution in [-0.4, -0.2) is 28.5 Å². The molecule has 0 aliphatic heterocycles. The zero-order valence-corrected chi connectivity index (χ0v) is 27.5. The summed E-state index contributed by atoms with van der Waals surface area (Å²) in [4.78, 5) is 35.5. The maximum Gasteiger partial charge on any atom is 0.358 e. The first-order valence-corrected chi connectivity index (χ1v) is 16.7. The third kappa shape index (κ3) is 7.76. The summed E-state index contributed by atoms with van der Waals surface area (Å²) < 4.78 is 70.0. The van der Waals surface area contributed by atoms with E-state index in [1.807, 2.05) is 60.7 Å². The minimum atomic E-state index is -0.946. The largest absolute Gasteiger partial charge is 0.461 e. The van der Waals surface area contributed by atoms with Gasteiger partial charge in [0.1, 0.15) is 39.9 Å². The number of aromatic nitrogens is 2. The molecule has 0 spiro atoms. The van der Waals surface area contributed by atoms with Crippen molar-refractivity contribution < 1.29 is 36.6 Å². The first-order valence-electron chi connectivity index (χ1n) is 15.0. The van der Waals surface area contributed by atoms with Gasteiger partial charge >= 0.3 is 11.9 Å². The van der Waals surface area contributed by atoms with E-state index in [9.17, 15) is 18.4 Å². The number of ether oxygens (including phenoxy) is 2. The third-order valence-electron chi connectivity index (χ3n) is 7.36. The van der Waals surface area contributed by atoms with Crippen LogP contribution in [-0.2, 0) is 28.9 Å². The van der Waals surface area contributed by atoms with Gasteiger partial charge in [0.05, 0.1) is 6.61 Å². The lowest BCUT2D eigenvalue weighted by Crippen LogP contribution is -2.10. The highest BCUT2D eigenvalue weighted by atomic mass is 32.1. The topological polar surface area (TPSA) is 78.4 Å². The lowest BCUT2D eigenvalue weighted by molar-refractivity contribution is 0.0460. The van der Waals surface area contributed by atoms with E-state index in [2.05, 4.69) is 9.97 Å². The molecule has 0 N–H and O–H groups in total. The second-order valence-corrected chi connectivity index (χ2v) is 12.9. The van der Waals surface area contributed by atoms with Crippen LogP contribution in [0.4, 0.5) is 17.6 Å². The van der Waals surface area contributed by atoms with Gasteiger partial charge in [-0.25, -0.2) is 37.1 Å². The van der Waals surface area contributed by atoms with E-state index in [1.165, 1.54) is 0 Å². The van der Waals surface area contributed by atoms with E-state index in [0.29, 0.717) is 16.2 Å². The van der Waals surface area contributed by atoms with Gasteiger partial charge in [-0.1, -0.05) is 60.7 Å². The molecule has 248 valence electrons. The molecular weight excluding hydrogens is 677 g/mol. The van der Waals surface area contributed by atoms with Crippen molar-refractivity contribution in [3.8, 4) is 21.1 Å². The van der Waals surface area contributed by atoms with Gasteiger partial charge in [0.15, 0.2) is 11.4 Å². The molecule has 0 radical (unpaired) electrons. The average molecular weight is 703 g/mol. The fourth-order valence-corrected chi connectivity index (χ4v) is 7.19. The standard InChI is InChI=1S/C37H26F4N2O4S2/c1-2-46-36(44)32-30(15-21-9-5-3-6-10-21)49-35(42-32)26-19-28(40)23(17-29(26)41)20-47-37(45)33-31(16-22-11-7-4-8-12-22)48-34(43-33)25-18-24(38)13-14-27(25)39/h3-14,17-19H,2,15-16,20H2,1H3. The smallest absolute Gasteiger partial charge is 0.358 e. The Bertz CT molecular complexity index is 2140. The van der Waals surface area contributed by atoms with E-state index < -0.39 is 41.8 Å². The third-order valence-corrected chi connectivity index (χ3v) is 9.53. The van der Waals surface area contributed by atoms with Gasteiger partial charge in [-0.05, 0) is 48.4 Å². The molecule has 4 aromatic carbocycles. The summed E-state index contributed by atoms with van der Waals surface area (Å²) in [6, 6.07) is 23.2. The molecule has 0 aliphatic carbocycles. The Morgan fingerprint density at radius 3 is 1.71 bits per heavy atom. The Balaban J connectivity index is 1.26. The molecule has 2 aromatic heterocycles. The number of carbonyl (C=O) groups is 2. The maximum atomic E-state index is 15.5. The van der Waals surface area contributed by atoms with Gasteiger partial charge in [-0.15, -0.1) is 22.7 Å². The Morgan fingerprint density at radius 2 is 1.16 bits per heavy atom. The highest BCUT2D eigenvalue weighted by molar-refractivity contribution is 7.15. The van der Waals surface area contributed by atoms with Gasteiger partial charge in [-0.3, -0.25) is 0 Å². The van der Waals surface area contributed by atoms with Crippen LogP contribution in [0.3, 0.4) is 0 Å². The molecule has 0 saturated heterocycles. The van der Waals surface area contributed by atoms with Crippen molar-refractivity contribution >= 4 is 34.6 Å². The fourth-order valence-electron chi connectivity index (χ4n) is 4.99. The number of thiazole rings is 2. The summed E-state index contributed by atoms with van der Waals surface area (Å²) >= 11 is 2.05. The van der Waals surface area contributed by atoms with Crippen LogP contribution >= 0.6 is 22.7 Å². The number of rotatable bonds is 11. The summed E-state index contributed by atoms with van der Waals surface area (Å²) in [6.45, 7) is 1.13. The number of carbonyl (C=O) groups excluding carboxylic acids is 2. The summed E-state index contributed by atoms with van der Waals surface area (Å²) in [5, 5.41) is 0.146. The molecule has 49 heavy (non-hydrogen) atoms. The normalized spacial score (nSPS) is 11.0. The number of halogens is 4. The SMILES string of the molecule is CCOC(=O)c1nc(-c2cc(F)c(COC(=O)c3nc(-c4cc(F)ccc4F)sc3Cc3ccccc3)cc2F)sc1Cc1ccccc1. The van der Waals surface area contributed by atoms with Gasteiger partial charge in [-0.2, -0.15) is 0 Å². The van der Waals surface area contributed by atoms with E-state index >= 15 is 8.78 Å². The minimum absolute atomic E-state index is 0.0237. The molecule has 0 fully saturated rings. The lowest BCUT2D eigenvalue weighted by atomic mass is 10.1. The molecule has 2 heterocycles. The molecule has 12 heteroatoms. The molecule has 0 saturated carbocycles. The van der Waals surface area contributed by atoms with Crippen molar-refractivity contribution in [2.75, 3.05) is 6.61 Å². The number of hydrogen-bond donors (Lipinski definition) is 0. The van der Waals surface area contributed by atoms with Crippen LogP contribution in [0.2, 0.25) is 0 Å². The van der Waals surface area contributed by atoms with Crippen LogP contribution in [0.15, 0.2) is 91.0 Å². The molecular formula is C37H26F4N2O4S2. The lowest BCUT2D eigenvalue weighted by Gasteiger charge is -2.08. The van der Waals surface area contributed by atoms with Gasteiger partial charge in [0.25, 0.3) is 0 Å². The van der Waals surface area contributed by atoms with Gasteiger partial charge in [0, 0.05) is 39.3 Å². The van der Waals surface area contributed by atoms with Crippen LogP contribution in [0.5, 0.6) is 0 Å². The van der Waals surface area contributed by atoms with Gasteiger partial charge in [0.2, 0.25) is 0 Å². The Kier molecular flexibility index (Phi) is 10.3. The van der Waals surface area contributed by atoms with Crippen LogP contribution in [0.25, 0.3) is 21.1 Å². The fraction of sp³-hybridized carbons (Fsp3) is 0.135. The predicted molar refractivity (Wildman–Crippen MR) is 179 cm³/mol. The van der Waals surface area contributed by atoms with Gasteiger partial charge < -0.3 is 9.47 Å². The molecule has 6 rings (SSSR count). The van der Waals surface area contributed by atoms with Crippen molar-refractivity contribution in [2.24, 2.45) is 0 Å². The minimum Gasteiger partial charge on any atom is -0.461 e. The summed E-state index contributed by atoms with van der Waals surface area (Å²) in [7, 11) is 0. The average Bonchev–Trinajstić information content (AvgIpc) is 3.71. The molecule has 0 atom stereocenters. The molecule has 0 bridgehead atoms. The Hall–Kier alpha value is -5.20. The Morgan fingerprint density at radius 1 is 0.633 bits per heavy atom. The van der Waals surface area contributed by atoms with E-state index in [-0.39, 0.29) is 51.1 Å². The van der Waals surface area contributed by atoms with Crippen molar-refractivity contribution in [1.82, 2.24) is 9.97 Å². The number of nitrogens with zero attached hydrogens (tertiary/aromatic N) is 2. The second kappa shape index (κ2) is 14.9. The van der Waals surface area contributed by atoms with Crippen LogP contribution in [0, 0.1) is 23.3 Å². The first kappa shape index (κ1) is 33.7. The van der Waals surface area contributed by atoms with Crippen molar-refractivity contribution in [3.63, 3.8) is 0 Å². The molecule has 0 amide bonds. The van der Waals surface area contributed by atoms with E-state index in [4.69, 9.17) is 9.47 Å². The van der Waals surface area contributed by atoms with Crippen molar-refractivity contribution in [2.45, 2.75) is 26.4 Å². The predicted octanol–water partition coefficient (Wildman–Crippen LogP) is 9.21. The number of benzene rings is 4. The molecule has 6 nitrogen and oxygen atoms in total. The second-order valence-electron chi connectivity index (χ2n) is 10.8. The number of hydrogen-bond acceptors (Lipinski definition) is 8. The monoisotopic (exact) mass is 702 g/mol. The highest BCUT2D eigenvalue weighted by Gasteiger charge is 2.25. The number of esters is 2. The summed E-state index contributed by atoms with van der Waals surface area (Å²) in [5.74, 6) is -4.72. The molecule has 0 unspecified atom stereocenters. The highest BCUT2D eigenvalue weighted by Crippen LogP contribution is 2.35. The van der Waals surface area contributed by atoms with E-state index in [0.717, 1.165) is 64.1 Å². The zero-order chi connectivity index (χ0) is 34.5. The van der Waals surface area contributed by atoms with Crippen molar-refractivity contribution in [3.05, 3.63) is 152 Å². The summed E-state index contributed by atoms with van der Waals surface area (Å²) in [6.07, 6.45) is 0.576. The van der Waals surface area contributed by atoms with Crippen LogP contribution in [0.1, 0.15) is 54.3 Å². The Labute approximate surface area is 286 Å². The summed E-state index contributed by atoms with van der Waals surface area (Å²) in [5.41, 5.74) is 1.05.